The lowest BCUT2D eigenvalue weighted by atomic mass is 10.1. The van der Waals surface area contributed by atoms with Crippen LogP contribution in [0.4, 0.5) is 5.69 Å². The van der Waals surface area contributed by atoms with E-state index >= 15 is 0 Å². The number of halogens is 2. The van der Waals surface area contributed by atoms with Crippen molar-refractivity contribution in [2.75, 3.05) is 38.7 Å². The first kappa shape index (κ1) is 23.5. The summed E-state index contributed by atoms with van der Waals surface area (Å²) in [7, 11) is -2.41. The van der Waals surface area contributed by atoms with Gasteiger partial charge in [-0.25, -0.2) is 8.42 Å². The fourth-order valence-electron chi connectivity index (χ4n) is 3.07. The van der Waals surface area contributed by atoms with Gasteiger partial charge in [0.2, 0.25) is 15.9 Å². The number of rotatable bonds is 6. The van der Waals surface area contributed by atoms with Crippen LogP contribution in [0.15, 0.2) is 41.3 Å². The summed E-state index contributed by atoms with van der Waals surface area (Å²) in [5, 5.41) is 5.16. The molecule has 0 unspecified atom stereocenters. The van der Waals surface area contributed by atoms with E-state index in [0.29, 0.717) is 11.3 Å². The Morgan fingerprint density at radius 1 is 1.10 bits per heavy atom. The SMILES string of the molecule is CNC(=O)Cc1ccccc1NC(=O)c1cc(S(=O)(=O)N2CCOCC2)c(Cl)cc1Cl. The Morgan fingerprint density at radius 3 is 2.45 bits per heavy atom. The van der Waals surface area contributed by atoms with Gasteiger partial charge in [0.25, 0.3) is 5.91 Å². The lowest BCUT2D eigenvalue weighted by molar-refractivity contribution is -0.119. The minimum Gasteiger partial charge on any atom is -0.379 e. The maximum atomic E-state index is 13.0. The van der Waals surface area contributed by atoms with Crippen LogP contribution in [0.2, 0.25) is 10.0 Å². The first-order valence-corrected chi connectivity index (χ1v) is 11.6. The number of benzene rings is 2. The molecule has 2 aromatic carbocycles. The smallest absolute Gasteiger partial charge is 0.257 e. The Bertz CT molecular complexity index is 1100. The molecule has 3 rings (SSSR count). The molecular formula is C20H21Cl2N3O5S. The van der Waals surface area contributed by atoms with Gasteiger partial charge >= 0.3 is 0 Å². The predicted molar refractivity (Wildman–Crippen MR) is 118 cm³/mol. The summed E-state index contributed by atoms with van der Waals surface area (Å²) >= 11 is 12.4. The second kappa shape index (κ2) is 9.97. The quantitative estimate of drug-likeness (QED) is 0.653. The molecule has 0 bridgehead atoms. The van der Waals surface area contributed by atoms with Crippen LogP contribution in [0.3, 0.4) is 0 Å². The number of ether oxygens (including phenoxy) is 1. The summed E-state index contributed by atoms with van der Waals surface area (Å²) in [5.74, 6) is -0.838. The number of likely N-dealkylation sites (N-methyl/N-ethyl adjacent to an activating group) is 1. The minimum atomic E-state index is -3.94. The van der Waals surface area contributed by atoms with Crippen LogP contribution in [0.25, 0.3) is 0 Å². The molecule has 2 aromatic rings. The van der Waals surface area contributed by atoms with Crippen molar-refractivity contribution in [2.45, 2.75) is 11.3 Å². The zero-order valence-corrected chi connectivity index (χ0v) is 19.0. The summed E-state index contributed by atoms with van der Waals surface area (Å²) in [5.41, 5.74) is 0.966. The van der Waals surface area contributed by atoms with Gasteiger partial charge in [0.15, 0.2) is 0 Å². The molecule has 31 heavy (non-hydrogen) atoms. The third-order valence-electron chi connectivity index (χ3n) is 4.75. The summed E-state index contributed by atoms with van der Waals surface area (Å²) in [6.45, 7) is 0.936. The molecule has 166 valence electrons. The van der Waals surface area contributed by atoms with Gasteiger partial charge in [0.1, 0.15) is 4.90 Å². The van der Waals surface area contributed by atoms with Gasteiger partial charge in [-0.05, 0) is 23.8 Å². The van der Waals surface area contributed by atoms with Gasteiger partial charge in [-0.1, -0.05) is 41.4 Å². The van der Waals surface area contributed by atoms with Crippen molar-refractivity contribution in [2.24, 2.45) is 0 Å². The fourth-order valence-corrected chi connectivity index (χ4v) is 5.32. The normalized spacial score (nSPS) is 14.8. The molecule has 1 saturated heterocycles. The predicted octanol–water partition coefficient (Wildman–Crippen LogP) is 2.56. The Kier molecular flexibility index (Phi) is 7.55. The summed E-state index contributed by atoms with van der Waals surface area (Å²) in [6, 6.07) is 9.22. The van der Waals surface area contributed by atoms with Crippen molar-refractivity contribution in [1.82, 2.24) is 9.62 Å². The average Bonchev–Trinajstić information content (AvgIpc) is 2.75. The highest BCUT2D eigenvalue weighted by atomic mass is 35.5. The number of morpholine rings is 1. The number of nitrogens with one attached hydrogen (secondary N) is 2. The van der Waals surface area contributed by atoms with E-state index in [1.54, 1.807) is 24.3 Å². The van der Waals surface area contributed by atoms with Crippen LogP contribution in [-0.4, -0.2) is 57.9 Å². The third-order valence-corrected chi connectivity index (χ3v) is 7.43. The van der Waals surface area contributed by atoms with E-state index in [0.717, 1.165) is 0 Å². The van der Waals surface area contributed by atoms with Gasteiger partial charge in [-0.2, -0.15) is 4.31 Å². The van der Waals surface area contributed by atoms with Crippen molar-refractivity contribution in [3.63, 3.8) is 0 Å². The molecule has 8 nitrogen and oxygen atoms in total. The first-order valence-electron chi connectivity index (χ1n) is 9.41. The number of para-hydroxylation sites is 1. The molecule has 1 aliphatic rings. The second-order valence-electron chi connectivity index (χ2n) is 6.74. The van der Waals surface area contributed by atoms with E-state index < -0.39 is 15.9 Å². The van der Waals surface area contributed by atoms with Gasteiger partial charge in [0.05, 0.1) is 35.2 Å². The van der Waals surface area contributed by atoms with Gasteiger partial charge < -0.3 is 15.4 Å². The highest BCUT2D eigenvalue weighted by Crippen LogP contribution is 2.31. The maximum Gasteiger partial charge on any atom is 0.257 e. The highest BCUT2D eigenvalue weighted by molar-refractivity contribution is 7.89. The molecule has 0 aliphatic carbocycles. The monoisotopic (exact) mass is 485 g/mol. The Labute approximate surface area is 190 Å². The van der Waals surface area contributed by atoms with E-state index in [1.165, 1.54) is 23.5 Å². The summed E-state index contributed by atoms with van der Waals surface area (Å²) < 4.78 is 32.5. The zero-order valence-electron chi connectivity index (χ0n) is 16.7. The molecule has 1 aliphatic heterocycles. The van der Waals surface area contributed by atoms with Crippen molar-refractivity contribution < 1.29 is 22.7 Å². The van der Waals surface area contributed by atoms with E-state index in [-0.39, 0.29) is 59.1 Å². The molecule has 2 amide bonds. The Morgan fingerprint density at radius 2 is 1.77 bits per heavy atom. The number of hydrogen-bond donors (Lipinski definition) is 2. The molecule has 11 heteroatoms. The van der Waals surface area contributed by atoms with Crippen molar-refractivity contribution in [3.8, 4) is 0 Å². The molecule has 1 fully saturated rings. The van der Waals surface area contributed by atoms with Gasteiger partial charge in [-0.15, -0.1) is 0 Å². The number of carbonyl (C=O) groups is 2. The number of sulfonamides is 1. The number of carbonyl (C=O) groups excluding carboxylic acids is 2. The van der Waals surface area contributed by atoms with E-state index in [4.69, 9.17) is 27.9 Å². The van der Waals surface area contributed by atoms with Crippen LogP contribution < -0.4 is 10.6 Å². The van der Waals surface area contributed by atoms with Crippen LogP contribution in [0, 0.1) is 0 Å². The Hall–Kier alpha value is -2.17. The van der Waals surface area contributed by atoms with Crippen molar-refractivity contribution in [3.05, 3.63) is 57.6 Å². The summed E-state index contributed by atoms with van der Waals surface area (Å²) in [6.07, 6.45) is 0.0674. The van der Waals surface area contributed by atoms with E-state index in [9.17, 15) is 18.0 Å². The molecule has 0 aromatic heterocycles. The first-order chi connectivity index (χ1) is 14.7. The summed E-state index contributed by atoms with van der Waals surface area (Å²) in [4.78, 5) is 24.5. The molecule has 2 N–H and O–H groups in total. The lowest BCUT2D eigenvalue weighted by Gasteiger charge is -2.26. The average molecular weight is 486 g/mol. The Balaban J connectivity index is 1.93. The van der Waals surface area contributed by atoms with E-state index in [1.807, 2.05) is 0 Å². The lowest BCUT2D eigenvalue weighted by Crippen LogP contribution is -2.40. The van der Waals surface area contributed by atoms with Gasteiger partial charge in [-0.3, -0.25) is 9.59 Å². The topological polar surface area (TPSA) is 105 Å². The molecule has 1 heterocycles. The number of amides is 2. The number of anilines is 1. The fraction of sp³-hybridized carbons (Fsp3) is 0.300. The van der Waals surface area contributed by atoms with Crippen molar-refractivity contribution >= 4 is 50.7 Å². The van der Waals surface area contributed by atoms with Crippen molar-refractivity contribution in [1.29, 1.82) is 0 Å². The molecular weight excluding hydrogens is 465 g/mol. The largest absolute Gasteiger partial charge is 0.379 e. The van der Waals surface area contributed by atoms with Crippen LogP contribution >= 0.6 is 23.2 Å². The second-order valence-corrected chi connectivity index (χ2v) is 9.46. The molecule has 0 atom stereocenters. The van der Waals surface area contributed by atoms with Gasteiger partial charge in [0, 0.05) is 25.8 Å². The molecule has 0 spiro atoms. The maximum absolute atomic E-state index is 13.0. The van der Waals surface area contributed by atoms with Crippen LogP contribution in [0.1, 0.15) is 15.9 Å². The highest BCUT2D eigenvalue weighted by Gasteiger charge is 2.30. The van der Waals surface area contributed by atoms with Crippen LogP contribution in [0.5, 0.6) is 0 Å². The van der Waals surface area contributed by atoms with Crippen LogP contribution in [-0.2, 0) is 26.0 Å². The molecule has 0 radical (unpaired) electrons. The zero-order chi connectivity index (χ0) is 22.6. The third kappa shape index (κ3) is 5.36. The standard InChI is InChI=1S/C20H21Cl2N3O5S/c1-23-19(26)10-13-4-2-3-5-17(13)24-20(27)14-11-18(16(22)12-15(14)21)31(28,29)25-6-8-30-9-7-25/h2-5,11-12H,6-10H2,1H3,(H,23,26)(H,24,27). The number of hydrogen-bond acceptors (Lipinski definition) is 5. The minimum absolute atomic E-state index is 0.00668. The number of nitrogens with zero attached hydrogens (tertiary/aromatic N) is 1. The van der Waals surface area contributed by atoms with E-state index in [2.05, 4.69) is 10.6 Å². The molecule has 0 saturated carbocycles.